The Morgan fingerprint density at radius 2 is 1.70 bits per heavy atom. The number of hydrogen-bond donors (Lipinski definition) is 4. The molecule has 1 fully saturated rings. The Morgan fingerprint density at radius 1 is 1.02 bits per heavy atom. The highest BCUT2D eigenvalue weighted by atomic mass is 16.5. The van der Waals surface area contributed by atoms with E-state index in [2.05, 4.69) is 5.32 Å². The van der Waals surface area contributed by atoms with Gasteiger partial charge in [-0.1, -0.05) is 12.1 Å². The number of ketones is 3. The minimum absolute atomic E-state index is 0.104. The van der Waals surface area contributed by atoms with Crippen molar-refractivity contribution >= 4 is 28.8 Å². The van der Waals surface area contributed by atoms with Crippen molar-refractivity contribution < 1.29 is 34.4 Å². The highest BCUT2D eigenvalue weighted by Crippen LogP contribution is 2.52. The molecule has 0 saturated heterocycles. The van der Waals surface area contributed by atoms with Gasteiger partial charge in [0.1, 0.15) is 28.6 Å². The summed E-state index contributed by atoms with van der Waals surface area (Å²) in [6.07, 6.45) is 0.709. The Kier molecular flexibility index (Phi) is 8.11. The van der Waals surface area contributed by atoms with Crippen molar-refractivity contribution in [3.05, 3.63) is 69.5 Å². The van der Waals surface area contributed by atoms with Crippen LogP contribution in [0.4, 0.5) is 5.69 Å². The number of nitrogens with one attached hydrogen (secondary N) is 1. The number of fused-ring (bicyclic) bond motifs is 3. The predicted molar refractivity (Wildman–Crippen MR) is 162 cm³/mol. The Morgan fingerprint density at radius 3 is 2.28 bits per heavy atom. The fourth-order valence-electron chi connectivity index (χ4n) is 7.09. The zero-order valence-corrected chi connectivity index (χ0v) is 25.4. The van der Waals surface area contributed by atoms with Crippen LogP contribution in [0.15, 0.2) is 47.2 Å². The number of aromatic hydroxyl groups is 1. The molecular formula is C33H39N3O7. The van der Waals surface area contributed by atoms with E-state index in [-0.39, 0.29) is 34.0 Å². The van der Waals surface area contributed by atoms with Gasteiger partial charge in [0.25, 0.3) is 0 Å². The van der Waals surface area contributed by atoms with Crippen molar-refractivity contribution in [3.8, 4) is 11.5 Å². The molecule has 4 atom stereocenters. The zero-order chi connectivity index (χ0) is 31.3. The average Bonchev–Trinajstić information content (AvgIpc) is 2.93. The molecule has 0 aliphatic heterocycles. The molecule has 43 heavy (non-hydrogen) atoms. The first-order valence-electron chi connectivity index (χ1n) is 14.4. The van der Waals surface area contributed by atoms with Crippen LogP contribution >= 0.6 is 0 Å². The number of carbonyl (C=O) groups is 3. The van der Waals surface area contributed by atoms with E-state index in [0.29, 0.717) is 37.1 Å². The Bertz CT molecular complexity index is 1560. The second-order valence-electron chi connectivity index (χ2n) is 12.1. The van der Waals surface area contributed by atoms with Gasteiger partial charge in [-0.3, -0.25) is 19.3 Å². The van der Waals surface area contributed by atoms with E-state index in [1.54, 1.807) is 26.1 Å². The van der Waals surface area contributed by atoms with Crippen molar-refractivity contribution in [3.63, 3.8) is 0 Å². The third-order valence-electron chi connectivity index (χ3n) is 9.01. The first-order chi connectivity index (χ1) is 20.4. The summed E-state index contributed by atoms with van der Waals surface area (Å²) in [5, 5.41) is 37.5. The number of likely N-dealkylation sites (N-methyl/N-ethyl adjacent to an activating group) is 1. The molecule has 10 nitrogen and oxygen atoms in total. The topological polar surface area (TPSA) is 140 Å². The molecule has 2 aromatic carbocycles. The van der Waals surface area contributed by atoms with Crippen molar-refractivity contribution in [2.75, 3.05) is 40.2 Å². The molecule has 0 spiro atoms. The first-order valence-corrected chi connectivity index (χ1v) is 14.4. The van der Waals surface area contributed by atoms with Gasteiger partial charge in [0, 0.05) is 44.0 Å². The summed E-state index contributed by atoms with van der Waals surface area (Å²) in [6, 6.07) is 8.83. The second-order valence-corrected chi connectivity index (χ2v) is 12.1. The molecule has 0 aromatic heterocycles. The summed E-state index contributed by atoms with van der Waals surface area (Å²) in [6.45, 7) is 2.03. The standard InChI is InChI=1S/C33H39N3O7/c1-16(37)24-30(39)27-22(28(33(24)42)36(4)5)12-18-11-21-23(35(2)3)13-19(29(38)26(21)31(40)25(18)32(27)41)15-34-14-17-7-9-20(43-6)10-8-17/h7-10,13,18,22,27-28,34,38,40,42H,11-12,14-15H2,1-6H3. The van der Waals surface area contributed by atoms with Gasteiger partial charge in [-0.05, 0) is 75.0 Å². The van der Waals surface area contributed by atoms with E-state index >= 15 is 0 Å². The minimum Gasteiger partial charge on any atom is -0.510 e. The number of phenolic OH excluding ortho intramolecular Hbond substituents is 1. The van der Waals surface area contributed by atoms with E-state index in [1.165, 1.54) is 6.92 Å². The van der Waals surface area contributed by atoms with E-state index in [9.17, 15) is 29.7 Å². The number of hydrogen-bond acceptors (Lipinski definition) is 10. The lowest BCUT2D eigenvalue weighted by Gasteiger charge is -2.46. The fraction of sp³-hybridized carbons (Fsp3) is 0.424. The maximum atomic E-state index is 14.1. The van der Waals surface area contributed by atoms with Gasteiger partial charge in [-0.25, -0.2) is 0 Å². The molecule has 3 aliphatic rings. The SMILES string of the molecule is COc1ccc(CNCc2cc(N(C)C)c3c(c2O)C(O)=C2C(=O)C4C(=O)C(C(C)=O)=C(O)C(N(C)C)C4CC2C3)cc1. The van der Waals surface area contributed by atoms with E-state index < -0.39 is 41.1 Å². The lowest BCUT2D eigenvalue weighted by atomic mass is 9.59. The summed E-state index contributed by atoms with van der Waals surface area (Å²) in [5.74, 6) is -4.07. The second kappa shape index (κ2) is 11.5. The van der Waals surface area contributed by atoms with Crippen LogP contribution in [0.3, 0.4) is 0 Å². The Balaban J connectivity index is 1.54. The largest absolute Gasteiger partial charge is 0.510 e. The van der Waals surface area contributed by atoms with Crippen LogP contribution in [0, 0.1) is 17.8 Å². The molecule has 2 aromatic rings. The minimum atomic E-state index is -1.21. The smallest absolute Gasteiger partial charge is 0.181 e. The number of anilines is 1. The Hall–Kier alpha value is -4.15. The summed E-state index contributed by atoms with van der Waals surface area (Å²) in [5.41, 5.74) is 3.04. The zero-order valence-electron chi connectivity index (χ0n) is 25.4. The van der Waals surface area contributed by atoms with Gasteiger partial charge in [-0.15, -0.1) is 0 Å². The van der Waals surface area contributed by atoms with Crippen LogP contribution in [0.1, 0.15) is 35.6 Å². The third kappa shape index (κ3) is 5.08. The summed E-state index contributed by atoms with van der Waals surface area (Å²) >= 11 is 0. The van der Waals surface area contributed by atoms with Crippen LogP contribution in [0.25, 0.3) is 5.76 Å². The molecule has 0 radical (unpaired) electrons. The van der Waals surface area contributed by atoms with Crippen molar-refractivity contribution in [1.29, 1.82) is 0 Å². The molecule has 5 rings (SSSR count). The molecule has 4 unspecified atom stereocenters. The molecular weight excluding hydrogens is 550 g/mol. The third-order valence-corrected chi connectivity index (χ3v) is 9.01. The fourth-order valence-corrected chi connectivity index (χ4v) is 7.09. The lowest BCUT2D eigenvalue weighted by molar-refractivity contribution is -0.136. The average molecular weight is 590 g/mol. The van der Waals surface area contributed by atoms with Crippen LogP contribution in [-0.2, 0) is 33.9 Å². The van der Waals surface area contributed by atoms with Crippen molar-refractivity contribution in [1.82, 2.24) is 10.2 Å². The predicted octanol–water partition coefficient (Wildman–Crippen LogP) is 3.32. The molecule has 0 amide bonds. The quantitative estimate of drug-likeness (QED) is 0.268. The number of aliphatic hydroxyl groups is 2. The van der Waals surface area contributed by atoms with Crippen LogP contribution in [0.2, 0.25) is 0 Å². The number of methoxy groups -OCH3 is 1. The summed E-state index contributed by atoms with van der Waals surface area (Å²) < 4.78 is 5.21. The molecule has 0 bridgehead atoms. The number of phenols is 1. The first kappa shape index (κ1) is 30.3. The van der Waals surface area contributed by atoms with Crippen LogP contribution < -0.4 is 15.0 Å². The van der Waals surface area contributed by atoms with Gasteiger partial charge >= 0.3 is 0 Å². The highest BCUT2D eigenvalue weighted by Gasteiger charge is 2.55. The van der Waals surface area contributed by atoms with Crippen LogP contribution in [0.5, 0.6) is 11.5 Å². The van der Waals surface area contributed by atoms with Crippen molar-refractivity contribution in [2.45, 2.75) is 38.9 Å². The van der Waals surface area contributed by atoms with Gasteiger partial charge < -0.3 is 30.3 Å². The van der Waals surface area contributed by atoms with E-state index in [1.807, 2.05) is 49.3 Å². The maximum Gasteiger partial charge on any atom is 0.181 e. The number of carbonyl (C=O) groups excluding carboxylic acids is 3. The maximum absolute atomic E-state index is 14.1. The van der Waals surface area contributed by atoms with E-state index in [4.69, 9.17) is 4.74 Å². The van der Waals surface area contributed by atoms with Gasteiger partial charge in [-0.2, -0.15) is 0 Å². The van der Waals surface area contributed by atoms with Crippen LogP contribution in [-0.4, -0.2) is 78.9 Å². The Labute approximate surface area is 251 Å². The monoisotopic (exact) mass is 589 g/mol. The normalized spacial score (nSPS) is 23.2. The van der Waals surface area contributed by atoms with Gasteiger partial charge in [0.2, 0.25) is 0 Å². The van der Waals surface area contributed by atoms with Crippen molar-refractivity contribution in [2.24, 2.45) is 17.8 Å². The molecule has 1 saturated carbocycles. The summed E-state index contributed by atoms with van der Waals surface area (Å²) in [4.78, 5) is 43.6. The van der Waals surface area contributed by atoms with Gasteiger partial charge in [0.15, 0.2) is 17.3 Å². The summed E-state index contributed by atoms with van der Waals surface area (Å²) in [7, 11) is 8.85. The number of Topliss-reactive ketones (excluding diaryl/α,β-unsaturated/α-hetero) is 3. The molecule has 10 heteroatoms. The number of benzene rings is 2. The van der Waals surface area contributed by atoms with Gasteiger partial charge in [0.05, 0.1) is 24.6 Å². The number of ether oxygens (including phenoxy) is 1. The number of rotatable bonds is 8. The number of aliphatic hydroxyl groups excluding tert-OH is 2. The molecule has 0 heterocycles. The van der Waals surface area contributed by atoms with E-state index in [0.717, 1.165) is 17.0 Å². The lowest BCUT2D eigenvalue weighted by Crippen LogP contribution is -2.55. The molecule has 228 valence electrons. The molecule has 3 aliphatic carbocycles. The molecule has 4 N–H and O–H groups in total. The number of allylic oxidation sites excluding steroid dienone is 2. The number of nitrogens with zero attached hydrogens (tertiary/aromatic N) is 2. The highest BCUT2D eigenvalue weighted by molar-refractivity contribution is 6.28.